The van der Waals surface area contributed by atoms with Gasteiger partial charge in [-0.2, -0.15) is 0 Å². The summed E-state index contributed by atoms with van der Waals surface area (Å²) in [5.74, 6) is -0.142. The van der Waals surface area contributed by atoms with Crippen LogP contribution in [-0.4, -0.2) is 34.2 Å². The minimum atomic E-state index is -0.0986. The van der Waals surface area contributed by atoms with Gasteiger partial charge in [0.25, 0.3) is 5.91 Å². The number of hydrogen-bond donors (Lipinski definition) is 0. The Balaban J connectivity index is 1.81. The van der Waals surface area contributed by atoms with E-state index >= 15 is 0 Å². The Kier molecular flexibility index (Phi) is 8.01. The third kappa shape index (κ3) is 6.28. The SMILES string of the molecule is CCC(C)N(CC(=O)N(Cc1ccccc1)Cc1cccs1)C(=O)c1ccc(C)cc1. The van der Waals surface area contributed by atoms with Crippen LogP contribution in [0.2, 0.25) is 0 Å². The standard InChI is InChI=1S/C26H30N2O2S/c1-4-21(3)28(26(30)23-14-12-20(2)13-15-23)19-25(29)27(18-24-11-8-16-31-24)17-22-9-6-5-7-10-22/h5-16,21H,4,17-19H2,1-3H3. The van der Waals surface area contributed by atoms with Crippen LogP contribution in [0.1, 0.15) is 46.6 Å². The molecule has 0 fully saturated rings. The van der Waals surface area contributed by atoms with Crippen molar-refractivity contribution in [1.82, 2.24) is 9.80 Å². The van der Waals surface area contributed by atoms with Gasteiger partial charge >= 0.3 is 0 Å². The molecular weight excluding hydrogens is 404 g/mol. The van der Waals surface area contributed by atoms with E-state index in [9.17, 15) is 9.59 Å². The monoisotopic (exact) mass is 434 g/mol. The van der Waals surface area contributed by atoms with Crippen LogP contribution in [0.3, 0.4) is 0 Å². The van der Waals surface area contributed by atoms with Crippen LogP contribution in [0.25, 0.3) is 0 Å². The molecule has 0 radical (unpaired) electrons. The molecule has 0 bridgehead atoms. The number of rotatable bonds is 9. The van der Waals surface area contributed by atoms with Crippen molar-refractivity contribution >= 4 is 23.2 Å². The van der Waals surface area contributed by atoms with E-state index < -0.39 is 0 Å². The number of hydrogen-bond acceptors (Lipinski definition) is 3. The van der Waals surface area contributed by atoms with Crippen LogP contribution >= 0.6 is 11.3 Å². The van der Waals surface area contributed by atoms with Gasteiger partial charge in [-0.1, -0.05) is 61.0 Å². The van der Waals surface area contributed by atoms with Crippen LogP contribution in [0.15, 0.2) is 72.1 Å². The van der Waals surface area contributed by atoms with Crippen molar-refractivity contribution in [2.45, 2.75) is 46.3 Å². The average molecular weight is 435 g/mol. The lowest BCUT2D eigenvalue weighted by molar-refractivity contribution is -0.133. The quantitative estimate of drug-likeness (QED) is 0.444. The maximum Gasteiger partial charge on any atom is 0.254 e. The highest BCUT2D eigenvalue weighted by Crippen LogP contribution is 2.17. The molecule has 2 amide bonds. The molecule has 1 atom stereocenters. The van der Waals surface area contributed by atoms with E-state index in [-0.39, 0.29) is 24.4 Å². The van der Waals surface area contributed by atoms with Gasteiger partial charge in [-0.15, -0.1) is 11.3 Å². The second-order valence-electron chi connectivity index (χ2n) is 7.87. The molecule has 0 aliphatic carbocycles. The van der Waals surface area contributed by atoms with Crippen molar-refractivity contribution in [3.63, 3.8) is 0 Å². The summed E-state index contributed by atoms with van der Waals surface area (Å²) in [7, 11) is 0. The molecule has 4 nitrogen and oxygen atoms in total. The Morgan fingerprint density at radius 3 is 2.26 bits per heavy atom. The van der Waals surface area contributed by atoms with E-state index in [0.29, 0.717) is 18.7 Å². The second-order valence-corrected chi connectivity index (χ2v) is 8.90. The first-order valence-electron chi connectivity index (χ1n) is 10.7. The zero-order valence-electron chi connectivity index (χ0n) is 18.5. The molecule has 0 saturated carbocycles. The molecule has 2 aromatic carbocycles. The Hall–Kier alpha value is -2.92. The van der Waals surface area contributed by atoms with Crippen LogP contribution in [0, 0.1) is 6.92 Å². The number of nitrogens with zero attached hydrogens (tertiary/aromatic N) is 2. The largest absolute Gasteiger partial charge is 0.332 e. The fraction of sp³-hybridized carbons (Fsp3) is 0.308. The highest BCUT2D eigenvalue weighted by Gasteiger charge is 2.26. The van der Waals surface area contributed by atoms with Crippen molar-refractivity contribution in [2.24, 2.45) is 0 Å². The minimum absolute atomic E-state index is 0.0296. The summed E-state index contributed by atoms with van der Waals surface area (Å²) >= 11 is 1.64. The van der Waals surface area contributed by atoms with Gasteiger partial charge in [-0.3, -0.25) is 9.59 Å². The topological polar surface area (TPSA) is 40.6 Å². The summed E-state index contributed by atoms with van der Waals surface area (Å²) in [6.45, 7) is 7.16. The Morgan fingerprint density at radius 1 is 0.935 bits per heavy atom. The molecule has 0 aliphatic heterocycles. The molecule has 0 saturated heterocycles. The van der Waals surface area contributed by atoms with E-state index in [1.54, 1.807) is 16.2 Å². The van der Waals surface area contributed by atoms with Crippen molar-refractivity contribution in [2.75, 3.05) is 6.54 Å². The summed E-state index contributed by atoms with van der Waals surface area (Å²) in [6.07, 6.45) is 0.786. The van der Waals surface area contributed by atoms with Gasteiger partial charge in [0.05, 0.1) is 6.54 Å². The third-order valence-corrected chi connectivity index (χ3v) is 6.34. The van der Waals surface area contributed by atoms with Gasteiger partial charge in [0, 0.05) is 23.0 Å². The lowest BCUT2D eigenvalue weighted by Crippen LogP contribution is -2.46. The third-order valence-electron chi connectivity index (χ3n) is 5.48. The van der Waals surface area contributed by atoms with E-state index in [0.717, 1.165) is 22.4 Å². The van der Waals surface area contributed by atoms with Crippen molar-refractivity contribution < 1.29 is 9.59 Å². The molecule has 0 aliphatic rings. The molecule has 162 valence electrons. The Bertz CT molecular complexity index is 968. The summed E-state index contributed by atoms with van der Waals surface area (Å²) in [5.41, 5.74) is 2.80. The number of amides is 2. The predicted molar refractivity (Wildman–Crippen MR) is 127 cm³/mol. The molecule has 1 unspecified atom stereocenters. The molecule has 31 heavy (non-hydrogen) atoms. The molecule has 5 heteroatoms. The van der Waals surface area contributed by atoms with Crippen molar-refractivity contribution in [3.05, 3.63) is 93.7 Å². The zero-order chi connectivity index (χ0) is 22.2. The number of carbonyl (C=O) groups excluding carboxylic acids is 2. The first-order chi connectivity index (χ1) is 15.0. The summed E-state index contributed by atoms with van der Waals surface area (Å²) in [4.78, 5) is 31.4. The number of carbonyl (C=O) groups is 2. The van der Waals surface area contributed by atoms with Crippen LogP contribution in [0.4, 0.5) is 0 Å². The van der Waals surface area contributed by atoms with Crippen LogP contribution < -0.4 is 0 Å². The van der Waals surface area contributed by atoms with E-state index in [1.165, 1.54) is 0 Å². The first-order valence-corrected chi connectivity index (χ1v) is 11.6. The molecule has 1 heterocycles. The van der Waals surface area contributed by atoms with E-state index in [1.807, 2.05) is 97.8 Å². The fourth-order valence-corrected chi connectivity index (χ4v) is 4.10. The molecule has 0 spiro atoms. The summed E-state index contributed by atoms with van der Waals surface area (Å²) in [5, 5.41) is 2.02. The normalized spacial score (nSPS) is 11.7. The predicted octanol–water partition coefficient (Wildman–Crippen LogP) is 5.53. The van der Waals surface area contributed by atoms with Gasteiger partial charge in [0.1, 0.15) is 6.54 Å². The minimum Gasteiger partial charge on any atom is -0.332 e. The summed E-state index contributed by atoms with van der Waals surface area (Å²) in [6, 6.07) is 21.5. The maximum absolute atomic E-state index is 13.4. The van der Waals surface area contributed by atoms with Gasteiger partial charge in [0.15, 0.2) is 0 Å². The molecule has 3 rings (SSSR count). The molecule has 3 aromatic rings. The fourth-order valence-electron chi connectivity index (χ4n) is 3.38. The van der Waals surface area contributed by atoms with Crippen molar-refractivity contribution in [1.29, 1.82) is 0 Å². The number of benzene rings is 2. The number of aryl methyl sites for hydroxylation is 1. The van der Waals surface area contributed by atoms with E-state index in [2.05, 4.69) is 0 Å². The highest BCUT2D eigenvalue weighted by atomic mass is 32.1. The maximum atomic E-state index is 13.4. The molecule has 0 N–H and O–H groups in total. The Morgan fingerprint density at radius 2 is 1.65 bits per heavy atom. The highest BCUT2D eigenvalue weighted by molar-refractivity contribution is 7.09. The Labute approximate surface area is 189 Å². The van der Waals surface area contributed by atoms with Gasteiger partial charge in [-0.25, -0.2) is 0 Å². The molecule has 1 aromatic heterocycles. The first kappa shape index (κ1) is 22.8. The average Bonchev–Trinajstić information content (AvgIpc) is 3.30. The van der Waals surface area contributed by atoms with E-state index in [4.69, 9.17) is 0 Å². The molecular formula is C26H30N2O2S. The van der Waals surface area contributed by atoms with Crippen molar-refractivity contribution in [3.8, 4) is 0 Å². The lowest BCUT2D eigenvalue weighted by atomic mass is 10.1. The number of thiophene rings is 1. The van der Waals surface area contributed by atoms with Gasteiger partial charge in [-0.05, 0) is 49.4 Å². The second kappa shape index (κ2) is 10.9. The smallest absolute Gasteiger partial charge is 0.254 e. The van der Waals surface area contributed by atoms with Gasteiger partial charge < -0.3 is 9.80 Å². The summed E-state index contributed by atoms with van der Waals surface area (Å²) < 4.78 is 0. The van der Waals surface area contributed by atoms with Gasteiger partial charge in [0.2, 0.25) is 5.91 Å². The zero-order valence-corrected chi connectivity index (χ0v) is 19.3. The van der Waals surface area contributed by atoms with Crippen LogP contribution in [0.5, 0.6) is 0 Å². The lowest BCUT2D eigenvalue weighted by Gasteiger charge is -2.31. The van der Waals surface area contributed by atoms with Crippen LogP contribution in [-0.2, 0) is 17.9 Å².